The zero-order valence-electron chi connectivity index (χ0n) is 16.0. The lowest BCUT2D eigenvalue weighted by Gasteiger charge is -2.26. The van der Waals surface area contributed by atoms with Crippen molar-refractivity contribution in [2.45, 2.75) is 64.7 Å². The van der Waals surface area contributed by atoms with Crippen LogP contribution in [0.5, 0.6) is 0 Å². The molecule has 144 valence electrons. The van der Waals surface area contributed by atoms with Gasteiger partial charge in [0, 0.05) is 24.3 Å². The fourth-order valence-electron chi connectivity index (χ4n) is 3.61. The molecule has 0 heterocycles. The SMILES string of the molecule is CCCCCC(=O)OCCc1ccc(C(=O)C2CCC(CN)CC2)cc1. The van der Waals surface area contributed by atoms with Crippen molar-refractivity contribution in [1.29, 1.82) is 0 Å². The number of nitrogens with two attached hydrogens (primary N) is 1. The summed E-state index contributed by atoms with van der Waals surface area (Å²) in [7, 11) is 0. The van der Waals surface area contributed by atoms with Gasteiger partial charge in [0.25, 0.3) is 0 Å². The van der Waals surface area contributed by atoms with E-state index in [1.165, 1.54) is 0 Å². The molecule has 0 saturated heterocycles. The molecule has 4 nitrogen and oxygen atoms in total. The van der Waals surface area contributed by atoms with Gasteiger partial charge < -0.3 is 10.5 Å². The van der Waals surface area contributed by atoms with E-state index in [0.717, 1.165) is 62.6 Å². The number of esters is 1. The monoisotopic (exact) mass is 359 g/mol. The maximum Gasteiger partial charge on any atom is 0.305 e. The predicted octanol–water partition coefficient (Wildman–Crippen LogP) is 4.30. The molecule has 0 radical (unpaired) electrons. The minimum Gasteiger partial charge on any atom is -0.465 e. The highest BCUT2D eigenvalue weighted by Crippen LogP contribution is 2.30. The number of hydrogen-bond acceptors (Lipinski definition) is 4. The van der Waals surface area contributed by atoms with Crippen molar-refractivity contribution in [2.75, 3.05) is 13.2 Å². The topological polar surface area (TPSA) is 69.4 Å². The number of rotatable bonds is 10. The van der Waals surface area contributed by atoms with Gasteiger partial charge in [-0.25, -0.2) is 0 Å². The molecule has 1 aromatic carbocycles. The molecule has 1 aliphatic rings. The molecule has 0 amide bonds. The first-order chi connectivity index (χ1) is 12.6. The second-order valence-electron chi connectivity index (χ2n) is 7.44. The van der Waals surface area contributed by atoms with Crippen LogP contribution in [0, 0.1) is 11.8 Å². The van der Waals surface area contributed by atoms with Gasteiger partial charge in [-0.2, -0.15) is 0 Å². The third kappa shape index (κ3) is 6.56. The van der Waals surface area contributed by atoms with E-state index >= 15 is 0 Å². The Labute approximate surface area is 157 Å². The number of carbonyl (C=O) groups excluding carboxylic acids is 2. The Morgan fingerprint density at radius 3 is 2.38 bits per heavy atom. The molecule has 0 spiro atoms. The molecule has 0 atom stereocenters. The highest BCUT2D eigenvalue weighted by Gasteiger charge is 2.26. The van der Waals surface area contributed by atoms with Crippen LogP contribution in [0.1, 0.15) is 74.2 Å². The van der Waals surface area contributed by atoms with Crippen LogP contribution >= 0.6 is 0 Å². The van der Waals surface area contributed by atoms with Gasteiger partial charge in [-0.15, -0.1) is 0 Å². The Morgan fingerprint density at radius 2 is 1.77 bits per heavy atom. The van der Waals surface area contributed by atoms with E-state index in [9.17, 15) is 9.59 Å². The normalized spacial score (nSPS) is 19.9. The number of hydrogen-bond donors (Lipinski definition) is 1. The highest BCUT2D eigenvalue weighted by atomic mass is 16.5. The maximum atomic E-state index is 12.6. The molecule has 2 rings (SSSR count). The van der Waals surface area contributed by atoms with Crippen molar-refractivity contribution < 1.29 is 14.3 Å². The molecule has 4 heteroatoms. The second-order valence-corrected chi connectivity index (χ2v) is 7.44. The number of Topliss-reactive ketones (excluding diaryl/α,β-unsaturated/α-hetero) is 1. The van der Waals surface area contributed by atoms with Crippen LogP contribution in [0.3, 0.4) is 0 Å². The first-order valence-corrected chi connectivity index (χ1v) is 10.1. The van der Waals surface area contributed by atoms with Gasteiger partial charge in [-0.3, -0.25) is 9.59 Å². The number of benzene rings is 1. The zero-order valence-corrected chi connectivity index (χ0v) is 16.0. The van der Waals surface area contributed by atoms with Gasteiger partial charge in [-0.05, 0) is 50.1 Å². The smallest absolute Gasteiger partial charge is 0.305 e. The Kier molecular flexibility index (Phi) is 8.82. The molecule has 0 aromatic heterocycles. The predicted molar refractivity (Wildman–Crippen MR) is 104 cm³/mol. The Morgan fingerprint density at radius 1 is 1.08 bits per heavy atom. The summed E-state index contributed by atoms with van der Waals surface area (Å²) in [5, 5.41) is 0. The van der Waals surface area contributed by atoms with Gasteiger partial charge in [0.05, 0.1) is 6.61 Å². The van der Waals surface area contributed by atoms with Gasteiger partial charge >= 0.3 is 5.97 Å². The minimum atomic E-state index is -0.113. The molecule has 0 aliphatic heterocycles. The average molecular weight is 360 g/mol. The third-order valence-electron chi connectivity index (χ3n) is 5.43. The molecule has 1 fully saturated rings. The molecular weight excluding hydrogens is 326 g/mol. The molecule has 1 saturated carbocycles. The van der Waals surface area contributed by atoms with E-state index < -0.39 is 0 Å². The Hall–Kier alpha value is -1.68. The van der Waals surface area contributed by atoms with E-state index in [1.54, 1.807) is 0 Å². The molecule has 26 heavy (non-hydrogen) atoms. The molecule has 1 aromatic rings. The second kappa shape index (κ2) is 11.1. The molecular formula is C22H33NO3. The summed E-state index contributed by atoms with van der Waals surface area (Å²) in [6, 6.07) is 7.78. The van der Waals surface area contributed by atoms with Crippen LogP contribution in [0.2, 0.25) is 0 Å². The van der Waals surface area contributed by atoms with Gasteiger partial charge in [0.15, 0.2) is 5.78 Å². The first-order valence-electron chi connectivity index (χ1n) is 10.1. The maximum absolute atomic E-state index is 12.6. The summed E-state index contributed by atoms with van der Waals surface area (Å²) in [4.78, 5) is 24.2. The molecule has 1 aliphatic carbocycles. The number of unbranched alkanes of at least 4 members (excludes halogenated alkanes) is 2. The van der Waals surface area contributed by atoms with Gasteiger partial charge in [-0.1, -0.05) is 44.0 Å². The summed E-state index contributed by atoms with van der Waals surface area (Å²) in [6.45, 7) is 3.25. The van der Waals surface area contributed by atoms with Crippen molar-refractivity contribution in [2.24, 2.45) is 17.6 Å². The largest absolute Gasteiger partial charge is 0.465 e. The van der Waals surface area contributed by atoms with Crippen LogP contribution in [-0.2, 0) is 16.0 Å². The summed E-state index contributed by atoms with van der Waals surface area (Å²) in [6.07, 6.45) is 8.31. The van der Waals surface area contributed by atoms with Crippen LogP contribution in [0.15, 0.2) is 24.3 Å². The molecule has 0 unspecified atom stereocenters. The van der Waals surface area contributed by atoms with Crippen LogP contribution in [0.4, 0.5) is 0 Å². The first kappa shape index (κ1) is 20.6. The Balaban J connectivity index is 1.74. The fourth-order valence-corrected chi connectivity index (χ4v) is 3.61. The lowest BCUT2D eigenvalue weighted by molar-refractivity contribution is -0.143. The summed E-state index contributed by atoms with van der Waals surface area (Å²) >= 11 is 0. The summed E-state index contributed by atoms with van der Waals surface area (Å²) in [5.41, 5.74) is 7.61. The van der Waals surface area contributed by atoms with Gasteiger partial charge in [0.2, 0.25) is 0 Å². The summed E-state index contributed by atoms with van der Waals surface area (Å²) in [5.74, 6) is 0.881. The zero-order chi connectivity index (χ0) is 18.8. The van der Waals surface area contributed by atoms with E-state index in [-0.39, 0.29) is 17.7 Å². The van der Waals surface area contributed by atoms with E-state index in [2.05, 4.69) is 6.92 Å². The van der Waals surface area contributed by atoms with Crippen LogP contribution in [0.25, 0.3) is 0 Å². The van der Waals surface area contributed by atoms with E-state index in [0.29, 0.717) is 25.4 Å². The van der Waals surface area contributed by atoms with Crippen molar-refractivity contribution in [3.63, 3.8) is 0 Å². The Bertz CT molecular complexity index is 559. The standard InChI is InChI=1S/C22H33NO3/c1-2-3-4-5-21(24)26-15-14-17-6-10-19(11-7-17)22(25)20-12-8-18(16-23)9-13-20/h6-7,10-11,18,20H,2-5,8-9,12-16,23H2,1H3. The lowest BCUT2D eigenvalue weighted by atomic mass is 9.78. The lowest BCUT2D eigenvalue weighted by Crippen LogP contribution is -2.25. The van der Waals surface area contributed by atoms with Crippen LogP contribution in [-0.4, -0.2) is 24.9 Å². The van der Waals surface area contributed by atoms with Crippen molar-refractivity contribution in [1.82, 2.24) is 0 Å². The van der Waals surface area contributed by atoms with E-state index in [1.807, 2.05) is 24.3 Å². The van der Waals surface area contributed by atoms with E-state index in [4.69, 9.17) is 10.5 Å². The summed E-state index contributed by atoms with van der Waals surface area (Å²) < 4.78 is 5.27. The highest BCUT2D eigenvalue weighted by molar-refractivity contribution is 5.97. The fraction of sp³-hybridized carbons (Fsp3) is 0.636. The number of ketones is 1. The van der Waals surface area contributed by atoms with Crippen LogP contribution < -0.4 is 5.73 Å². The molecule has 0 bridgehead atoms. The van der Waals surface area contributed by atoms with Crippen molar-refractivity contribution >= 4 is 11.8 Å². The number of carbonyl (C=O) groups is 2. The van der Waals surface area contributed by atoms with Crippen molar-refractivity contribution in [3.05, 3.63) is 35.4 Å². The third-order valence-corrected chi connectivity index (χ3v) is 5.43. The van der Waals surface area contributed by atoms with Gasteiger partial charge in [0.1, 0.15) is 0 Å². The average Bonchev–Trinajstić information content (AvgIpc) is 2.68. The van der Waals surface area contributed by atoms with Crippen molar-refractivity contribution in [3.8, 4) is 0 Å². The molecule has 2 N–H and O–H groups in total. The number of ether oxygens (including phenoxy) is 1. The quantitative estimate of drug-likeness (QED) is 0.384. The minimum absolute atomic E-state index is 0.113.